The summed E-state index contributed by atoms with van der Waals surface area (Å²) in [5, 5.41) is 3.34. The second-order valence-electron chi connectivity index (χ2n) is 5.18. The molecule has 1 heterocycles. The van der Waals surface area contributed by atoms with Crippen LogP contribution in [0.2, 0.25) is 0 Å². The van der Waals surface area contributed by atoms with E-state index in [2.05, 4.69) is 50.5 Å². The van der Waals surface area contributed by atoms with Gasteiger partial charge in [0.2, 0.25) is 0 Å². The second-order valence-corrected chi connectivity index (χ2v) is 5.18. The summed E-state index contributed by atoms with van der Waals surface area (Å²) in [6.45, 7) is 12.4. The Morgan fingerprint density at radius 1 is 1.41 bits per heavy atom. The molecule has 1 N–H and O–H groups in total. The highest BCUT2D eigenvalue weighted by atomic mass is 16.5. The first-order chi connectivity index (χ1) is 7.94. The third-order valence-electron chi connectivity index (χ3n) is 3.28. The molecule has 0 radical (unpaired) electrons. The average Bonchev–Trinajstić information content (AvgIpc) is 2.25. The summed E-state index contributed by atoms with van der Waals surface area (Å²) in [7, 11) is 1.64. The summed E-state index contributed by atoms with van der Waals surface area (Å²) in [5.41, 5.74) is 4.62. The van der Waals surface area contributed by atoms with Gasteiger partial charge in [-0.05, 0) is 23.5 Å². The van der Waals surface area contributed by atoms with E-state index in [4.69, 9.17) is 4.74 Å². The Morgan fingerprint density at radius 3 is 2.76 bits per heavy atom. The maximum absolute atomic E-state index is 5.16. The predicted octanol–water partition coefficient (Wildman–Crippen LogP) is 3.91. The zero-order valence-corrected chi connectivity index (χ0v) is 10.8. The number of methoxy groups -OCH3 is 1. The number of hydrogen-bond donors (Lipinski definition) is 1. The summed E-state index contributed by atoms with van der Waals surface area (Å²) in [6.07, 6.45) is 0.963. The lowest BCUT2D eigenvalue weighted by Crippen LogP contribution is -2.26. The first kappa shape index (κ1) is 11.8. The van der Waals surface area contributed by atoms with Gasteiger partial charge in [-0.3, -0.25) is 0 Å². The van der Waals surface area contributed by atoms with Crippen molar-refractivity contribution in [2.45, 2.75) is 25.7 Å². The van der Waals surface area contributed by atoms with Crippen molar-refractivity contribution in [1.82, 2.24) is 0 Å². The molecule has 2 nitrogen and oxygen atoms in total. The van der Waals surface area contributed by atoms with Crippen LogP contribution in [0, 0.1) is 0 Å². The van der Waals surface area contributed by atoms with Gasteiger partial charge in [-0.1, -0.05) is 39.1 Å². The van der Waals surface area contributed by atoms with Crippen molar-refractivity contribution in [3.8, 4) is 0 Å². The molecule has 2 rings (SSSR count). The second kappa shape index (κ2) is 3.95. The predicted molar refractivity (Wildman–Crippen MR) is 72.9 cm³/mol. The first-order valence-electron chi connectivity index (χ1n) is 5.76. The number of anilines is 1. The van der Waals surface area contributed by atoms with Gasteiger partial charge in [-0.2, -0.15) is 0 Å². The molecule has 0 atom stereocenters. The molecule has 0 aromatic heterocycles. The zero-order valence-electron chi connectivity index (χ0n) is 10.8. The Morgan fingerprint density at radius 2 is 2.12 bits per heavy atom. The Balaban J connectivity index is 2.49. The third-order valence-corrected chi connectivity index (χ3v) is 3.28. The van der Waals surface area contributed by atoms with E-state index < -0.39 is 0 Å². The van der Waals surface area contributed by atoms with Crippen LogP contribution in [0.15, 0.2) is 37.1 Å². The molecule has 1 aliphatic rings. The monoisotopic (exact) mass is 229 g/mol. The molecule has 0 saturated carbocycles. The lowest BCUT2D eigenvalue weighted by atomic mass is 9.77. The Hall–Kier alpha value is -1.70. The smallest absolute Gasteiger partial charge is 0.118 e. The third kappa shape index (κ3) is 2.07. The zero-order chi connectivity index (χ0) is 12.6. The van der Waals surface area contributed by atoms with Gasteiger partial charge in [0, 0.05) is 16.9 Å². The van der Waals surface area contributed by atoms with E-state index in [1.54, 1.807) is 7.11 Å². The van der Waals surface area contributed by atoms with Gasteiger partial charge in [-0.25, -0.2) is 0 Å². The lowest BCUT2D eigenvalue weighted by molar-refractivity contribution is 0.371. The van der Waals surface area contributed by atoms with Crippen LogP contribution in [-0.2, 0) is 10.2 Å². The average molecular weight is 229 g/mol. The van der Waals surface area contributed by atoms with Crippen molar-refractivity contribution in [2.24, 2.45) is 0 Å². The topological polar surface area (TPSA) is 21.3 Å². The van der Waals surface area contributed by atoms with E-state index in [1.165, 1.54) is 5.56 Å². The highest BCUT2D eigenvalue weighted by molar-refractivity contribution is 5.69. The number of rotatable bonds is 2. The molecule has 0 aliphatic carbocycles. The molecule has 0 amide bonds. The number of ether oxygens (including phenoxy) is 1. The summed E-state index contributed by atoms with van der Waals surface area (Å²) in [4.78, 5) is 0. The maximum Gasteiger partial charge on any atom is 0.118 e. The van der Waals surface area contributed by atoms with Crippen LogP contribution in [0.1, 0.15) is 31.4 Å². The summed E-state index contributed by atoms with van der Waals surface area (Å²) in [6, 6.07) is 6.28. The molecule has 1 aliphatic heterocycles. The van der Waals surface area contributed by atoms with E-state index in [0.29, 0.717) is 5.76 Å². The van der Waals surface area contributed by atoms with Crippen LogP contribution < -0.4 is 5.32 Å². The van der Waals surface area contributed by atoms with E-state index >= 15 is 0 Å². The van der Waals surface area contributed by atoms with Crippen molar-refractivity contribution in [2.75, 3.05) is 12.4 Å². The number of benzene rings is 1. The summed E-state index contributed by atoms with van der Waals surface area (Å²) < 4.78 is 5.16. The molecule has 0 unspecified atom stereocenters. The fraction of sp³-hybridized carbons (Fsp3) is 0.333. The van der Waals surface area contributed by atoms with Crippen LogP contribution in [0.3, 0.4) is 0 Å². The summed E-state index contributed by atoms with van der Waals surface area (Å²) in [5.74, 6) is 0.684. The minimum atomic E-state index is 0.130. The SMILES string of the molecule is C=C1CC(C)(C)c2ccc(C(=C)OC)cc2N1. The fourth-order valence-electron chi connectivity index (χ4n) is 2.39. The Kier molecular flexibility index (Phi) is 2.74. The van der Waals surface area contributed by atoms with Crippen LogP contribution in [0.5, 0.6) is 0 Å². The largest absolute Gasteiger partial charge is 0.497 e. The van der Waals surface area contributed by atoms with E-state index in [9.17, 15) is 0 Å². The van der Waals surface area contributed by atoms with Crippen LogP contribution in [0.25, 0.3) is 5.76 Å². The molecule has 1 aromatic rings. The molecule has 0 saturated heterocycles. The van der Waals surface area contributed by atoms with Crippen molar-refractivity contribution in [3.05, 3.63) is 48.2 Å². The highest BCUT2D eigenvalue weighted by Crippen LogP contribution is 2.40. The summed E-state index contributed by atoms with van der Waals surface area (Å²) >= 11 is 0. The van der Waals surface area contributed by atoms with Crippen LogP contribution in [0.4, 0.5) is 5.69 Å². The number of hydrogen-bond acceptors (Lipinski definition) is 2. The number of fused-ring (bicyclic) bond motifs is 1. The number of nitrogens with one attached hydrogen (secondary N) is 1. The molecule has 17 heavy (non-hydrogen) atoms. The van der Waals surface area contributed by atoms with Gasteiger partial charge < -0.3 is 10.1 Å². The van der Waals surface area contributed by atoms with Crippen molar-refractivity contribution >= 4 is 11.4 Å². The van der Waals surface area contributed by atoms with Crippen molar-refractivity contribution in [1.29, 1.82) is 0 Å². The fourth-order valence-corrected chi connectivity index (χ4v) is 2.39. The van der Waals surface area contributed by atoms with Gasteiger partial charge in [-0.15, -0.1) is 0 Å². The Bertz CT molecular complexity index is 486. The van der Waals surface area contributed by atoms with Crippen molar-refractivity contribution in [3.63, 3.8) is 0 Å². The van der Waals surface area contributed by atoms with Gasteiger partial charge in [0.1, 0.15) is 5.76 Å². The normalized spacial score (nSPS) is 17.0. The molecule has 90 valence electrons. The van der Waals surface area contributed by atoms with Crippen LogP contribution >= 0.6 is 0 Å². The molecule has 0 spiro atoms. The number of allylic oxidation sites excluding steroid dienone is 1. The first-order valence-corrected chi connectivity index (χ1v) is 5.76. The molecule has 2 heteroatoms. The van der Waals surface area contributed by atoms with Gasteiger partial charge >= 0.3 is 0 Å². The Labute approximate surface area is 103 Å². The maximum atomic E-state index is 5.16. The molecule has 0 fully saturated rings. The standard InChI is InChI=1S/C15H19NO/c1-10-9-15(3,4)13-7-6-12(11(2)17-5)8-14(13)16-10/h6-8,16H,1-2,9H2,3-5H3. The minimum absolute atomic E-state index is 0.130. The van der Waals surface area contributed by atoms with Gasteiger partial charge in [0.15, 0.2) is 0 Å². The lowest BCUT2D eigenvalue weighted by Gasteiger charge is -2.34. The molecule has 0 bridgehead atoms. The minimum Gasteiger partial charge on any atom is -0.497 e. The van der Waals surface area contributed by atoms with E-state index in [1.807, 2.05) is 0 Å². The van der Waals surface area contributed by atoms with Crippen LogP contribution in [-0.4, -0.2) is 7.11 Å². The van der Waals surface area contributed by atoms with E-state index in [0.717, 1.165) is 23.4 Å². The molecule has 1 aromatic carbocycles. The molecular weight excluding hydrogens is 210 g/mol. The van der Waals surface area contributed by atoms with E-state index in [-0.39, 0.29) is 5.41 Å². The highest BCUT2D eigenvalue weighted by Gasteiger charge is 2.29. The van der Waals surface area contributed by atoms with Gasteiger partial charge in [0.05, 0.1) is 7.11 Å². The van der Waals surface area contributed by atoms with Crippen molar-refractivity contribution < 1.29 is 4.74 Å². The quantitative estimate of drug-likeness (QED) is 0.776. The van der Waals surface area contributed by atoms with Gasteiger partial charge in [0.25, 0.3) is 0 Å². The molecular formula is C15H19NO.